The van der Waals surface area contributed by atoms with Gasteiger partial charge < -0.3 is 24.8 Å². The van der Waals surface area contributed by atoms with Crippen LogP contribution in [0, 0.1) is 0 Å². The van der Waals surface area contributed by atoms with Crippen LogP contribution in [0.3, 0.4) is 0 Å². The van der Waals surface area contributed by atoms with Crippen molar-refractivity contribution in [1.29, 1.82) is 0 Å². The summed E-state index contributed by atoms with van der Waals surface area (Å²) in [6.45, 7) is 3.97. The van der Waals surface area contributed by atoms with Crippen LogP contribution in [0.5, 0.6) is 17.2 Å². The fraction of sp³-hybridized carbons (Fsp3) is 0.533. The van der Waals surface area contributed by atoms with Crippen molar-refractivity contribution in [3.05, 3.63) is 17.7 Å². The highest BCUT2D eigenvalue weighted by molar-refractivity contribution is 5.85. The second-order valence-corrected chi connectivity index (χ2v) is 5.08. The van der Waals surface area contributed by atoms with Gasteiger partial charge in [-0.05, 0) is 27.0 Å². The highest BCUT2D eigenvalue weighted by Gasteiger charge is 2.25. The molecular weight excluding hydrogens is 272 g/mol. The summed E-state index contributed by atoms with van der Waals surface area (Å²) >= 11 is 0. The molecule has 1 amide bonds. The van der Waals surface area contributed by atoms with Crippen molar-refractivity contribution in [2.24, 2.45) is 0 Å². The number of likely N-dealkylation sites (N-methyl/N-ethyl adjacent to an activating group) is 1. The van der Waals surface area contributed by atoms with E-state index in [1.54, 1.807) is 40.5 Å². The number of methoxy groups -OCH3 is 3. The Labute approximate surface area is 125 Å². The van der Waals surface area contributed by atoms with E-state index in [0.29, 0.717) is 23.8 Å². The van der Waals surface area contributed by atoms with Crippen LogP contribution in [0.25, 0.3) is 0 Å². The van der Waals surface area contributed by atoms with Gasteiger partial charge in [0, 0.05) is 18.2 Å². The van der Waals surface area contributed by atoms with E-state index in [4.69, 9.17) is 14.2 Å². The maximum absolute atomic E-state index is 12.1. The minimum atomic E-state index is -0.635. The summed E-state index contributed by atoms with van der Waals surface area (Å²) in [5, 5.41) is 5.83. The quantitative estimate of drug-likeness (QED) is 0.794. The normalized spacial score (nSPS) is 11.0. The molecule has 0 bridgehead atoms. The van der Waals surface area contributed by atoms with Gasteiger partial charge in [-0.2, -0.15) is 0 Å². The van der Waals surface area contributed by atoms with Crippen LogP contribution in [0.4, 0.5) is 0 Å². The lowest BCUT2D eigenvalue weighted by molar-refractivity contribution is -0.126. The third kappa shape index (κ3) is 4.01. The summed E-state index contributed by atoms with van der Waals surface area (Å²) in [5.74, 6) is 1.72. The number of nitrogens with one attached hydrogen (secondary N) is 2. The van der Waals surface area contributed by atoms with E-state index in [-0.39, 0.29) is 5.91 Å². The second kappa shape index (κ2) is 7.17. The molecule has 0 saturated heterocycles. The van der Waals surface area contributed by atoms with Crippen LogP contribution in [-0.4, -0.2) is 39.8 Å². The number of hydrogen-bond donors (Lipinski definition) is 2. The van der Waals surface area contributed by atoms with Gasteiger partial charge in [-0.15, -0.1) is 0 Å². The molecule has 0 atom stereocenters. The van der Waals surface area contributed by atoms with E-state index < -0.39 is 5.54 Å². The number of hydrogen-bond acceptors (Lipinski definition) is 5. The van der Waals surface area contributed by atoms with E-state index in [2.05, 4.69) is 10.6 Å². The molecule has 6 heteroatoms. The van der Waals surface area contributed by atoms with Crippen LogP contribution < -0.4 is 24.8 Å². The average Bonchev–Trinajstić information content (AvgIpc) is 2.51. The predicted octanol–water partition coefficient (Wildman–Crippen LogP) is 1.33. The fourth-order valence-corrected chi connectivity index (χ4v) is 1.74. The SMILES string of the molecule is CNC(C)(C)C(=O)NCc1cc(OC)c(OC)cc1OC. The predicted molar refractivity (Wildman–Crippen MR) is 81.1 cm³/mol. The Morgan fingerprint density at radius 1 is 1.05 bits per heavy atom. The Balaban J connectivity index is 2.95. The lowest BCUT2D eigenvalue weighted by Gasteiger charge is -2.23. The van der Waals surface area contributed by atoms with Gasteiger partial charge in [-0.1, -0.05) is 0 Å². The van der Waals surface area contributed by atoms with E-state index in [0.717, 1.165) is 5.56 Å². The van der Waals surface area contributed by atoms with Crippen molar-refractivity contribution < 1.29 is 19.0 Å². The van der Waals surface area contributed by atoms with Crippen LogP contribution in [-0.2, 0) is 11.3 Å². The molecule has 1 aromatic rings. The molecule has 0 aliphatic rings. The molecular formula is C15H24N2O4. The first kappa shape index (κ1) is 17.1. The van der Waals surface area contributed by atoms with Crippen LogP contribution >= 0.6 is 0 Å². The van der Waals surface area contributed by atoms with Crippen molar-refractivity contribution in [3.8, 4) is 17.2 Å². The summed E-state index contributed by atoms with van der Waals surface area (Å²) in [6, 6.07) is 3.54. The highest BCUT2D eigenvalue weighted by atomic mass is 16.5. The summed E-state index contributed by atoms with van der Waals surface area (Å²) in [6.07, 6.45) is 0. The Kier molecular flexibility index (Phi) is 5.84. The summed E-state index contributed by atoms with van der Waals surface area (Å²) < 4.78 is 15.8. The Bertz CT molecular complexity index is 501. The van der Waals surface area contributed by atoms with Gasteiger partial charge in [-0.3, -0.25) is 4.79 Å². The van der Waals surface area contributed by atoms with Gasteiger partial charge in [0.1, 0.15) is 5.75 Å². The van der Waals surface area contributed by atoms with Crippen molar-refractivity contribution >= 4 is 5.91 Å². The molecule has 118 valence electrons. The van der Waals surface area contributed by atoms with Crippen LogP contribution in [0.1, 0.15) is 19.4 Å². The molecule has 2 N–H and O–H groups in total. The molecule has 1 aromatic carbocycles. The summed E-state index contributed by atoms with van der Waals surface area (Å²) in [7, 11) is 6.45. The van der Waals surface area contributed by atoms with E-state index >= 15 is 0 Å². The monoisotopic (exact) mass is 296 g/mol. The Morgan fingerprint density at radius 3 is 2.05 bits per heavy atom. The van der Waals surface area contributed by atoms with Gasteiger partial charge in [0.05, 0.1) is 26.9 Å². The maximum Gasteiger partial charge on any atom is 0.239 e. The number of rotatable bonds is 7. The zero-order valence-corrected chi connectivity index (χ0v) is 13.5. The number of amides is 1. The minimum Gasteiger partial charge on any atom is -0.496 e. The highest BCUT2D eigenvalue weighted by Crippen LogP contribution is 2.34. The molecule has 0 aliphatic heterocycles. The maximum atomic E-state index is 12.1. The van der Waals surface area contributed by atoms with E-state index in [1.165, 1.54) is 0 Å². The Morgan fingerprint density at radius 2 is 1.57 bits per heavy atom. The third-order valence-electron chi connectivity index (χ3n) is 3.42. The first-order valence-electron chi connectivity index (χ1n) is 6.65. The van der Waals surface area contributed by atoms with Crippen molar-refractivity contribution in [3.63, 3.8) is 0 Å². The largest absolute Gasteiger partial charge is 0.496 e. The number of benzene rings is 1. The van der Waals surface area contributed by atoms with Gasteiger partial charge in [0.25, 0.3) is 0 Å². The number of ether oxygens (including phenoxy) is 3. The molecule has 6 nitrogen and oxygen atoms in total. The van der Waals surface area contributed by atoms with Crippen molar-refractivity contribution in [2.45, 2.75) is 25.9 Å². The fourth-order valence-electron chi connectivity index (χ4n) is 1.74. The lowest BCUT2D eigenvalue weighted by Crippen LogP contribution is -2.50. The molecule has 0 saturated carbocycles. The van der Waals surface area contributed by atoms with Gasteiger partial charge >= 0.3 is 0 Å². The smallest absolute Gasteiger partial charge is 0.239 e. The molecule has 0 unspecified atom stereocenters. The molecule has 0 fully saturated rings. The second-order valence-electron chi connectivity index (χ2n) is 5.08. The molecule has 0 aliphatic carbocycles. The zero-order valence-electron chi connectivity index (χ0n) is 13.5. The zero-order chi connectivity index (χ0) is 16.0. The molecule has 1 rings (SSSR count). The topological polar surface area (TPSA) is 68.8 Å². The molecule has 21 heavy (non-hydrogen) atoms. The van der Waals surface area contributed by atoms with Crippen LogP contribution in [0.15, 0.2) is 12.1 Å². The van der Waals surface area contributed by atoms with Gasteiger partial charge in [-0.25, -0.2) is 0 Å². The van der Waals surface area contributed by atoms with Crippen LogP contribution in [0.2, 0.25) is 0 Å². The first-order valence-corrected chi connectivity index (χ1v) is 6.65. The molecule has 0 heterocycles. The number of carbonyl (C=O) groups excluding carboxylic acids is 1. The van der Waals surface area contributed by atoms with Gasteiger partial charge in [0.2, 0.25) is 5.91 Å². The average molecular weight is 296 g/mol. The standard InChI is InChI=1S/C15H24N2O4/c1-15(2,16-3)14(18)17-9-10-7-12(20-5)13(21-6)8-11(10)19-4/h7-8,16H,9H2,1-6H3,(H,17,18). The molecule has 0 radical (unpaired) electrons. The Hall–Kier alpha value is -1.95. The lowest BCUT2D eigenvalue weighted by atomic mass is 10.0. The summed E-state index contributed by atoms with van der Waals surface area (Å²) in [5.41, 5.74) is 0.180. The molecule has 0 spiro atoms. The minimum absolute atomic E-state index is 0.0955. The number of carbonyl (C=O) groups is 1. The first-order chi connectivity index (χ1) is 9.89. The van der Waals surface area contributed by atoms with E-state index in [1.807, 2.05) is 13.8 Å². The summed E-state index contributed by atoms with van der Waals surface area (Å²) in [4.78, 5) is 12.1. The third-order valence-corrected chi connectivity index (χ3v) is 3.42. The van der Waals surface area contributed by atoms with Gasteiger partial charge in [0.15, 0.2) is 11.5 Å². The molecule has 0 aromatic heterocycles. The van der Waals surface area contributed by atoms with Crippen molar-refractivity contribution in [2.75, 3.05) is 28.4 Å². The van der Waals surface area contributed by atoms with Crippen molar-refractivity contribution in [1.82, 2.24) is 10.6 Å². The van der Waals surface area contributed by atoms with E-state index in [9.17, 15) is 4.79 Å².